The summed E-state index contributed by atoms with van der Waals surface area (Å²) in [6.45, 7) is 12.2. The van der Waals surface area contributed by atoms with E-state index in [1.165, 1.54) is 11.6 Å². The second-order valence-corrected chi connectivity index (χ2v) is 9.31. The van der Waals surface area contributed by atoms with Crippen LogP contribution in [0.4, 0.5) is 5.69 Å². The highest BCUT2D eigenvalue weighted by Gasteiger charge is 2.16. The normalized spacial score (nSPS) is 11.7. The Morgan fingerprint density at radius 2 is 1.76 bits per heavy atom. The topological polar surface area (TPSA) is 89.5 Å². The monoisotopic (exact) mass is 446 g/mol. The zero-order valence-electron chi connectivity index (χ0n) is 20.0. The zero-order chi connectivity index (χ0) is 24.3. The molecule has 0 bridgehead atoms. The van der Waals surface area contributed by atoms with E-state index < -0.39 is 4.92 Å². The number of carbonyl (C=O) groups is 1. The molecule has 0 spiro atoms. The minimum absolute atomic E-state index is 0.0427. The summed E-state index contributed by atoms with van der Waals surface area (Å²) in [4.78, 5) is 23.1. The lowest BCUT2D eigenvalue weighted by atomic mass is 9.86. The largest absolute Gasteiger partial charge is 0.317 e. The molecule has 1 aromatic heterocycles. The number of nitrogens with zero attached hydrogens (tertiary/aromatic N) is 3. The van der Waals surface area contributed by atoms with Gasteiger partial charge in [0, 0.05) is 29.1 Å². The molecule has 33 heavy (non-hydrogen) atoms. The lowest BCUT2D eigenvalue weighted by Gasteiger charge is -2.19. The van der Waals surface area contributed by atoms with Crippen molar-refractivity contribution in [3.63, 3.8) is 0 Å². The van der Waals surface area contributed by atoms with E-state index in [1.54, 1.807) is 18.3 Å². The predicted molar refractivity (Wildman–Crippen MR) is 131 cm³/mol. The number of hydrogen-bond acceptors (Lipinski definition) is 4. The van der Waals surface area contributed by atoms with Crippen LogP contribution in [0.25, 0.3) is 5.69 Å². The van der Waals surface area contributed by atoms with Crippen molar-refractivity contribution in [2.24, 2.45) is 5.10 Å². The lowest BCUT2D eigenvalue weighted by Crippen LogP contribution is -2.20. The number of carbonyl (C=O) groups excluding carboxylic acids is 1. The van der Waals surface area contributed by atoms with Crippen LogP contribution < -0.4 is 5.43 Å². The maximum Gasteiger partial charge on any atom is 0.271 e. The Labute approximate surface area is 194 Å². The summed E-state index contributed by atoms with van der Waals surface area (Å²) in [6.07, 6.45) is 1.85. The summed E-state index contributed by atoms with van der Waals surface area (Å²) in [5, 5.41) is 15.3. The number of hydrazone groups is 1. The molecule has 0 aliphatic heterocycles. The first kappa shape index (κ1) is 23.9. The third-order valence-corrected chi connectivity index (χ3v) is 5.69. The highest BCUT2D eigenvalue weighted by Crippen LogP contribution is 2.26. The van der Waals surface area contributed by atoms with Crippen molar-refractivity contribution in [1.82, 2.24) is 9.99 Å². The van der Waals surface area contributed by atoms with E-state index in [-0.39, 0.29) is 23.4 Å². The van der Waals surface area contributed by atoms with Crippen LogP contribution in [0.3, 0.4) is 0 Å². The van der Waals surface area contributed by atoms with Crippen molar-refractivity contribution in [1.29, 1.82) is 0 Å². The maximum atomic E-state index is 12.3. The van der Waals surface area contributed by atoms with E-state index in [1.807, 2.05) is 43.5 Å². The smallest absolute Gasteiger partial charge is 0.271 e. The van der Waals surface area contributed by atoms with Crippen LogP contribution in [0.5, 0.6) is 0 Å². The number of nitro benzene ring substituents is 1. The molecule has 7 heteroatoms. The Hall–Kier alpha value is -3.74. The number of aromatic nitrogens is 1. The van der Waals surface area contributed by atoms with E-state index in [0.717, 1.165) is 33.8 Å². The van der Waals surface area contributed by atoms with Gasteiger partial charge < -0.3 is 4.57 Å². The first-order valence-electron chi connectivity index (χ1n) is 10.8. The van der Waals surface area contributed by atoms with Crippen molar-refractivity contribution in [2.75, 3.05) is 0 Å². The van der Waals surface area contributed by atoms with Gasteiger partial charge in [0.25, 0.3) is 5.69 Å². The molecule has 7 nitrogen and oxygen atoms in total. The maximum absolute atomic E-state index is 12.3. The number of amides is 1. The van der Waals surface area contributed by atoms with Crippen molar-refractivity contribution >= 4 is 17.8 Å². The molecule has 0 saturated heterocycles. The van der Waals surface area contributed by atoms with Crippen LogP contribution in [-0.4, -0.2) is 21.6 Å². The van der Waals surface area contributed by atoms with Gasteiger partial charge in [-0.15, -0.1) is 0 Å². The second-order valence-electron chi connectivity index (χ2n) is 9.31. The standard InChI is InChI=1S/C26H30N4O3/c1-17-7-12-23(30(32)33)15-24(17)29-18(2)13-21(19(29)3)16-27-28-25(31)14-20-8-10-22(11-9-20)26(4,5)6/h7-13,15-16H,14H2,1-6H3,(H,28,31)/b27-16-. The molecule has 0 unspecified atom stereocenters. The number of nitro groups is 1. The number of hydrogen-bond donors (Lipinski definition) is 1. The Balaban J connectivity index is 1.72. The van der Waals surface area contributed by atoms with Crippen molar-refractivity contribution in [3.8, 4) is 5.69 Å². The molecule has 1 heterocycles. The van der Waals surface area contributed by atoms with Crippen molar-refractivity contribution in [3.05, 3.63) is 92.3 Å². The number of benzene rings is 2. The average Bonchev–Trinajstić information content (AvgIpc) is 3.01. The van der Waals surface area contributed by atoms with Crippen molar-refractivity contribution < 1.29 is 9.72 Å². The van der Waals surface area contributed by atoms with Gasteiger partial charge in [-0.25, -0.2) is 5.43 Å². The molecular weight excluding hydrogens is 416 g/mol. The lowest BCUT2D eigenvalue weighted by molar-refractivity contribution is -0.384. The summed E-state index contributed by atoms with van der Waals surface area (Å²) in [7, 11) is 0. The van der Waals surface area contributed by atoms with E-state index in [9.17, 15) is 14.9 Å². The van der Waals surface area contributed by atoms with Crippen LogP contribution in [0, 0.1) is 30.9 Å². The van der Waals surface area contributed by atoms with Gasteiger partial charge in [-0.3, -0.25) is 14.9 Å². The van der Waals surface area contributed by atoms with Gasteiger partial charge in [0.15, 0.2) is 0 Å². The molecule has 0 radical (unpaired) electrons. The molecule has 1 N–H and O–H groups in total. The molecule has 0 aliphatic rings. The van der Waals surface area contributed by atoms with Gasteiger partial charge in [0.05, 0.1) is 23.2 Å². The van der Waals surface area contributed by atoms with Crippen LogP contribution in [-0.2, 0) is 16.6 Å². The Kier molecular flexibility index (Phi) is 6.81. The van der Waals surface area contributed by atoms with Crippen LogP contribution in [0.2, 0.25) is 0 Å². The third kappa shape index (κ3) is 5.55. The predicted octanol–water partition coefficient (Wildman–Crippen LogP) is 5.30. The number of rotatable bonds is 6. The first-order chi connectivity index (χ1) is 15.5. The highest BCUT2D eigenvalue weighted by molar-refractivity contribution is 5.85. The quantitative estimate of drug-likeness (QED) is 0.316. The average molecular weight is 447 g/mol. The van der Waals surface area contributed by atoms with Crippen LogP contribution >= 0.6 is 0 Å². The van der Waals surface area contributed by atoms with E-state index >= 15 is 0 Å². The van der Waals surface area contributed by atoms with Crippen molar-refractivity contribution in [2.45, 2.75) is 53.4 Å². The molecule has 0 fully saturated rings. The number of aryl methyl sites for hydroxylation is 2. The van der Waals surface area contributed by atoms with Gasteiger partial charge in [-0.2, -0.15) is 5.10 Å². The van der Waals surface area contributed by atoms with Crippen LogP contribution in [0.1, 0.15) is 54.4 Å². The van der Waals surface area contributed by atoms with Gasteiger partial charge >= 0.3 is 0 Å². The molecule has 1 amide bonds. The van der Waals surface area contributed by atoms with Gasteiger partial charge in [-0.1, -0.05) is 51.1 Å². The first-order valence-corrected chi connectivity index (χ1v) is 10.8. The molecule has 0 saturated carbocycles. The summed E-state index contributed by atoms with van der Waals surface area (Å²) in [6, 6.07) is 14.8. The molecule has 3 aromatic rings. The fourth-order valence-electron chi connectivity index (χ4n) is 3.76. The number of non-ortho nitro benzene ring substituents is 1. The fraction of sp³-hybridized carbons (Fsp3) is 0.308. The second kappa shape index (κ2) is 9.40. The third-order valence-electron chi connectivity index (χ3n) is 5.69. The summed E-state index contributed by atoms with van der Waals surface area (Å²) >= 11 is 0. The van der Waals surface area contributed by atoms with Gasteiger partial charge in [0.2, 0.25) is 5.91 Å². The van der Waals surface area contributed by atoms with E-state index in [2.05, 4.69) is 43.4 Å². The minimum Gasteiger partial charge on any atom is -0.317 e. The Bertz CT molecular complexity index is 1220. The molecular formula is C26H30N4O3. The number of nitrogens with one attached hydrogen (secondary N) is 1. The van der Waals surface area contributed by atoms with E-state index in [0.29, 0.717) is 0 Å². The Morgan fingerprint density at radius 3 is 2.36 bits per heavy atom. The molecule has 172 valence electrons. The van der Waals surface area contributed by atoms with E-state index in [4.69, 9.17) is 0 Å². The zero-order valence-corrected chi connectivity index (χ0v) is 20.0. The summed E-state index contributed by atoms with van der Waals surface area (Å²) in [5.74, 6) is -0.196. The highest BCUT2D eigenvalue weighted by atomic mass is 16.6. The molecule has 2 aromatic carbocycles. The summed E-state index contributed by atoms with van der Waals surface area (Å²) < 4.78 is 1.96. The van der Waals surface area contributed by atoms with Gasteiger partial charge in [0.1, 0.15) is 0 Å². The molecule has 3 rings (SSSR count). The fourth-order valence-corrected chi connectivity index (χ4v) is 3.76. The SMILES string of the molecule is Cc1ccc([N+](=O)[O-])cc1-n1c(C)cc(/C=N\NC(=O)Cc2ccc(C(C)(C)C)cc2)c1C. The van der Waals surface area contributed by atoms with Gasteiger partial charge in [-0.05, 0) is 48.9 Å². The minimum atomic E-state index is -0.397. The Morgan fingerprint density at radius 1 is 1.09 bits per heavy atom. The molecule has 0 atom stereocenters. The van der Waals surface area contributed by atoms with Crippen LogP contribution in [0.15, 0.2) is 53.6 Å². The molecule has 0 aliphatic carbocycles. The summed E-state index contributed by atoms with van der Waals surface area (Å²) in [5.41, 5.74) is 9.15.